The zero-order valence-electron chi connectivity index (χ0n) is 26.6. The molecule has 1 rings (SSSR count). The largest absolute Gasteiger partial charge is 0.481 e. The molecule has 0 fully saturated rings. The molecule has 1 aromatic rings. The second kappa shape index (κ2) is 27.4. The molecule has 0 heterocycles. The lowest BCUT2D eigenvalue weighted by atomic mass is 10.1. The molecule has 0 aliphatic carbocycles. The summed E-state index contributed by atoms with van der Waals surface area (Å²) < 4.78 is 10.9. The molecule has 0 saturated heterocycles. The van der Waals surface area contributed by atoms with Gasteiger partial charge in [0, 0.05) is 11.5 Å². The van der Waals surface area contributed by atoms with E-state index in [-0.39, 0.29) is 36.6 Å². The number of esters is 2. The fourth-order valence-electron chi connectivity index (χ4n) is 4.03. The third-order valence-electron chi connectivity index (χ3n) is 6.60. The monoisotopic (exact) mass is 642 g/mol. The number of aryl methyl sites for hydroxylation is 1. The Bertz CT molecular complexity index is 893. The topological polar surface area (TPSA) is 127 Å². The Morgan fingerprint density at radius 3 is 1.65 bits per heavy atom. The number of carbonyl (C=O) groups is 4. The maximum absolute atomic E-state index is 12.3. The van der Waals surface area contributed by atoms with E-state index in [2.05, 4.69) is 13.8 Å². The second-order valence-corrected chi connectivity index (χ2v) is 13.3. The molecule has 0 radical (unpaired) electrons. The standard InChI is InChI=1S/C27H44O4S.C6H10O4S/c1-5-7-8-9-10-11-12-13-14-17-20-30-26(28)22(3)32-23(4)27(29)31-21-25-19-16-15-18-24(25)6-2;7-5(8)1-3-11-4-2-6(9)10/h15-16,18-19,22-23H,5-14,17,20-21H2,1-4H3;1-4H2,(H,7,8)(H,9,10). The Hall–Kier alpha value is -2.20. The first-order valence-corrected chi connectivity index (χ1v) is 17.8. The third kappa shape index (κ3) is 23.9. The van der Waals surface area contributed by atoms with Gasteiger partial charge in [0.2, 0.25) is 0 Å². The van der Waals surface area contributed by atoms with E-state index in [1.807, 2.05) is 24.3 Å². The fraction of sp³-hybridized carbons (Fsp3) is 0.697. The molecule has 0 saturated carbocycles. The van der Waals surface area contributed by atoms with Crippen molar-refractivity contribution in [2.45, 2.75) is 128 Å². The lowest BCUT2D eigenvalue weighted by molar-refractivity contribution is -0.144. The molecule has 2 atom stereocenters. The van der Waals surface area contributed by atoms with E-state index >= 15 is 0 Å². The van der Waals surface area contributed by atoms with Crippen LogP contribution in [0.4, 0.5) is 0 Å². The van der Waals surface area contributed by atoms with Crippen LogP contribution in [0.2, 0.25) is 0 Å². The predicted octanol–water partition coefficient (Wildman–Crippen LogP) is 7.94. The number of carbonyl (C=O) groups excluding carboxylic acids is 2. The molecular formula is C33H54O8S2. The highest BCUT2D eigenvalue weighted by Gasteiger charge is 2.23. The van der Waals surface area contributed by atoms with Gasteiger partial charge in [0.15, 0.2) is 0 Å². The Labute approximate surface area is 267 Å². The van der Waals surface area contributed by atoms with Crippen LogP contribution < -0.4 is 0 Å². The van der Waals surface area contributed by atoms with Gasteiger partial charge in [-0.05, 0) is 37.8 Å². The van der Waals surface area contributed by atoms with Crippen molar-refractivity contribution in [1.29, 1.82) is 0 Å². The van der Waals surface area contributed by atoms with Gasteiger partial charge in [-0.1, -0.05) is 95.9 Å². The first-order chi connectivity index (χ1) is 20.6. The molecule has 246 valence electrons. The zero-order valence-corrected chi connectivity index (χ0v) is 28.3. The Morgan fingerprint density at radius 1 is 0.698 bits per heavy atom. The molecule has 1 aromatic carbocycles. The van der Waals surface area contributed by atoms with Crippen LogP contribution >= 0.6 is 23.5 Å². The van der Waals surface area contributed by atoms with Crippen molar-refractivity contribution in [2.75, 3.05) is 18.1 Å². The van der Waals surface area contributed by atoms with Crippen molar-refractivity contribution in [3.63, 3.8) is 0 Å². The second-order valence-electron chi connectivity index (χ2n) is 10.4. The number of ether oxygens (including phenoxy) is 2. The van der Waals surface area contributed by atoms with E-state index in [0.29, 0.717) is 18.1 Å². The summed E-state index contributed by atoms with van der Waals surface area (Å²) in [6.45, 7) is 8.64. The number of benzene rings is 1. The van der Waals surface area contributed by atoms with Crippen LogP contribution in [0.3, 0.4) is 0 Å². The smallest absolute Gasteiger partial charge is 0.319 e. The van der Waals surface area contributed by atoms with Crippen molar-refractivity contribution < 1.29 is 38.9 Å². The van der Waals surface area contributed by atoms with Crippen molar-refractivity contribution in [2.24, 2.45) is 0 Å². The van der Waals surface area contributed by atoms with Gasteiger partial charge in [0.25, 0.3) is 0 Å². The van der Waals surface area contributed by atoms with Gasteiger partial charge in [-0.15, -0.1) is 11.8 Å². The molecule has 43 heavy (non-hydrogen) atoms. The SMILES string of the molecule is CCCCCCCCCCCCOC(=O)C(C)SC(C)C(=O)OCc1ccccc1CC.O=C(O)CCSCCC(=O)O. The molecule has 0 spiro atoms. The minimum Gasteiger partial charge on any atom is -0.481 e. The van der Waals surface area contributed by atoms with E-state index in [0.717, 1.165) is 24.8 Å². The van der Waals surface area contributed by atoms with Crippen LogP contribution in [-0.4, -0.2) is 62.7 Å². The molecule has 0 bridgehead atoms. The zero-order chi connectivity index (χ0) is 32.3. The van der Waals surface area contributed by atoms with Gasteiger partial charge in [0.1, 0.15) is 17.1 Å². The summed E-state index contributed by atoms with van der Waals surface area (Å²) in [6, 6.07) is 7.98. The van der Waals surface area contributed by atoms with E-state index in [1.54, 1.807) is 13.8 Å². The summed E-state index contributed by atoms with van der Waals surface area (Å²) in [7, 11) is 0. The average molecular weight is 643 g/mol. The van der Waals surface area contributed by atoms with Gasteiger partial charge in [-0.25, -0.2) is 0 Å². The Balaban J connectivity index is 0.00000135. The van der Waals surface area contributed by atoms with Crippen LogP contribution in [0.5, 0.6) is 0 Å². The summed E-state index contributed by atoms with van der Waals surface area (Å²) in [6.07, 6.45) is 13.6. The predicted molar refractivity (Wildman–Crippen MR) is 177 cm³/mol. The first-order valence-electron chi connectivity index (χ1n) is 15.7. The molecule has 0 aliphatic heterocycles. The van der Waals surface area contributed by atoms with Crippen molar-refractivity contribution in [3.8, 4) is 0 Å². The van der Waals surface area contributed by atoms with Gasteiger partial charge >= 0.3 is 23.9 Å². The van der Waals surface area contributed by atoms with E-state index in [4.69, 9.17) is 19.7 Å². The molecule has 2 N–H and O–H groups in total. The summed E-state index contributed by atoms with van der Waals surface area (Å²) in [5.41, 5.74) is 2.22. The van der Waals surface area contributed by atoms with Crippen LogP contribution in [0.15, 0.2) is 24.3 Å². The van der Waals surface area contributed by atoms with Gasteiger partial charge in [-0.2, -0.15) is 11.8 Å². The summed E-state index contributed by atoms with van der Waals surface area (Å²) in [4.78, 5) is 44.5. The van der Waals surface area contributed by atoms with Crippen LogP contribution in [-0.2, 0) is 41.7 Å². The van der Waals surface area contributed by atoms with Crippen molar-refractivity contribution in [3.05, 3.63) is 35.4 Å². The lowest BCUT2D eigenvalue weighted by Crippen LogP contribution is -2.24. The number of carboxylic acid groups (broad SMARTS) is 2. The van der Waals surface area contributed by atoms with Gasteiger partial charge in [0.05, 0.1) is 19.4 Å². The average Bonchev–Trinajstić information content (AvgIpc) is 2.98. The fourth-order valence-corrected chi connectivity index (χ4v) is 5.84. The minimum absolute atomic E-state index is 0.101. The maximum Gasteiger partial charge on any atom is 0.319 e. The number of hydrogen-bond donors (Lipinski definition) is 2. The number of aliphatic carboxylic acids is 2. The highest BCUT2D eigenvalue weighted by Crippen LogP contribution is 2.21. The molecule has 8 nitrogen and oxygen atoms in total. The molecule has 2 unspecified atom stereocenters. The van der Waals surface area contributed by atoms with Crippen molar-refractivity contribution in [1.82, 2.24) is 0 Å². The number of hydrogen-bond acceptors (Lipinski definition) is 8. The summed E-state index contributed by atoms with van der Waals surface area (Å²) in [5.74, 6) is -1.25. The minimum atomic E-state index is -0.840. The number of rotatable bonds is 24. The van der Waals surface area contributed by atoms with Crippen molar-refractivity contribution >= 4 is 47.4 Å². The normalized spacial score (nSPS) is 12.0. The molecular weight excluding hydrogens is 588 g/mol. The van der Waals surface area contributed by atoms with Crippen LogP contribution in [0.1, 0.15) is 116 Å². The summed E-state index contributed by atoms with van der Waals surface area (Å²) in [5, 5.41) is 15.6. The van der Waals surface area contributed by atoms with Gasteiger partial charge in [-0.3, -0.25) is 19.2 Å². The van der Waals surface area contributed by atoms with Gasteiger partial charge < -0.3 is 19.7 Å². The van der Waals surface area contributed by atoms with Crippen LogP contribution in [0.25, 0.3) is 0 Å². The highest BCUT2D eigenvalue weighted by molar-refractivity contribution is 8.01. The third-order valence-corrected chi connectivity index (χ3v) is 8.79. The Kier molecular flexibility index (Phi) is 26.0. The first kappa shape index (κ1) is 40.8. The highest BCUT2D eigenvalue weighted by atomic mass is 32.2. The molecule has 0 aliphatic rings. The maximum atomic E-state index is 12.3. The quantitative estimate of drug-likeness (QED) is 0.0847. The molecule has 0 amide bonds. The van der Waals surface area contributed by atoms with E-state index in [9.17, 15) is 19.2 Å². The molecule has 10 heteroatoms. The van der Waals surface area contributed by atoms with Crippen LogP contribution in [0, 0.1) is 0 Å². The molecule has 0 aromatic heterocycles. The Morgan fingerprint density at radius 2 is 1.16 bits per heavy atom. The number of carboxylic acids is 2. The summed E-state index contributed by atoms with van der Waals surface area (Å²) >= 11 is 2.64. The van der Waals surface area contributed by atoms with E-state index < -0.39 is 17.2 Å². The van der Waals surface area contributed by atoms with E-state index in [1.165, 1.54) is 80.5 Å². The number of thioether (sulfide) groups is 2. The lowest BCUT2D eigenvalue weighted by Gasteiger charge is -2.16. The number of unbranched alkanes of at least 4 members (excludes halogenated alkanes) is 9.